The maximum atomic E-state index is 13.7. The minimum absolute atomic E-state index is 0.115. The molecule has 0 radical (unpaired) electrons. The topological polar surface area (TPSA) is 70.8 Å². The summed E-state index contributed by atoms with van der Waals surface area (Å²) < 4.78 is 15.1. The molecule has 1 aromatic carbocycles. The van der Waals surface area contributed by atoms with Gasteiger partial charge in [0, 0.05) is 29.9 Å². The Labute approximate surface area is 209 Å². The highest BCUT2D eigenvalue weighted by molar-refractivity contribution is 5.99. The van der Waals surface area contributed by atoms with Gasteiger partial charge in [-0.3, -0.25) is 9.59 Å². The number of rotatable bonds is 3. The molecule has 2 aliphatic rings. The summed E-state index contributed by atoms with van der Waals surface area (Å²) in [6, 6.07) is 8.11. The molecule has 1 aliphatic heterocycles. The molecule has 1 aliphatic carbocycles. The lowest BCUT2D eigenvalue weighted by molar-refractivity contribution is -0.143. The van der Waals surface area contributed by atoms with E-state index in [0.717, 1.165) is 23.2 Å². The number of allylic oxidation sites excluding steroid dienone is 3. The molecular weight excluding hydrogens is 457 g/mol. The Hall–Kier alpha value is -3.81. The zero-order valence-electron chi connectivity index (χ0n) is 21.2. The second-order valence-corrected chi connectivity index (χ2v) is 10.8. The molecular formula is C28H30FN5O2. The quantitative estimate of drug-likeness (QED) is 0.535. The fraction of sp³-hybridized carbons (Fsp3) is 0.357. The molecule has 0 atom stereocenters. The number of piperazine rings is 1. The number of hydrogen-bond donors (Lipinski definition) is 0. The predicted molar refractivity (Wildman–Crippen MR) is 136 cm³/mol. The van der Waals surface area contributed by atoms with Gasteiger partial charge in [-0.05, 0) is 62.1 Å². The van der Waals surface area contributed by atoms with Gasteiger partial charge in [-0.25, -0.2) is 13.9 Å². The first-order valence-corrected chi connectivity index (χ1v) is 12.1. The number of aromatic nitrogens is 3. The van der Waals surface area contributed by atoms with Crippen LogP contribution in [0.3, 0.4) is 0 Å². The monoisotopic (exact) mass is 487 g/mol. The third kappa shape index (κ3) is 4.00. The summed E-state index contributed by atoms with van der Waals surface area (Å²) in [6.07, 6.45) is 8.42. The first kappa shape index (κ1) is 23.9. The number of amides is 2. The van der Waals surface area contributed by atoms with Gasteiger partial charge < -0.3 is 9.80 Å². The maximum Gasteiger partial charge on any atom is 0.275 e. The van der Waals surface area contributed by atoms with Crippen molar-refractivity contribution in [1.29, 1.82) is 0 Å². The first-order chi connectivity index (χ1) is 17.0. The minimum atomic E-state index is -1.03. The Morgan fingerprint density at radius 3 is 2.47 bits per heavy atom. The summed E-state index contributed by atoms with van der Waals surface area (Å²) in [7, 11) is 0. The van der Waals surface area contributed by atoms with Crippen molar-refractivity contribution in [3.63, 3.8) is 0 Å². The first-order valence-electron chi connectivity index (χ1n) is 12.1. The van der Waals surface area contributed by atoms with Crippen molar-refractivity contribution in [3.05, 3.63) is 77.5 Å². The van der Waals surface area contributed by atoms with Gasteiger partial charge in [0.1, 0.15) is 17.1 Å². The normalized spacial score (nSPS) is 17.7. The molecule has 7 nitrogen and oxygen atoms in total. The van der Waals surface area contributed by atoms with E-state index in [-0.39, 0.29) is 28.7 Å². The van der Waals surface area contributed by atoms with E-state index in [0.29, 0.717) is 24.4 Å². The highest BCUT2D eigenvalue weighted by Gasteiger charge is 2.45. The maximum absolute atomic E-state index is 13.7. The average molecular weight is 488 g/mol. The Balaban J connectivity index is 1.53. The fourth-order valence-electron chi connectivity index (χ4n) is 4.81. The Bertz CT molecular complexity index is 1430. The molecule has 3 aromatic rings. The number of carbonyl (C=O) groups is 2. The molecule has 0 spiro atoms. The Morgan fingerprint density at radius 1 is 1.11 bits per heavy atom. The van der Waals surface area contributed by atoms with Gasteiger partial charge >= 0.3 is 0 Å². The molecule has 36 heavy (non-hydrogen) atoms. The number of halogens is 1. The van der Waals surface area contributed by atoms with Crippen molar-refractivity contribution in [2.24, 2.45) is 0 Å². The van der Waals surface area contributed by atoms with Crippen LogP contribution in [0.4, 0.5) is 4.39 Å². The summed E-state index contributed by atoms with van der Waals surface area (Å²) in [5.74, 6) is -0.739. The van der Waals surface area contributed by atoms with Crippen LogP contribution in [0.5, 0.6) is 0 Å². The summed E-state index contributed by atoms with van der Waals surface area (Å²) >= 11 is 0. The standard InChI is InChI=1S/C28H30FN5O2/c1-27(2,3)21-16-22(18-10-12-19(29)13-11-18)31-34-17-23(30-24(21)34)25(35)33-15-14-32(20-8-6-7-9-20)26(36)28(33,4)5/h6,8-13,16-17H,7,14-15H2,1-5H3. The molecule has 1 fully saturated rings. The predicted octanol–water partition coefficient (Wildman–Crippen LogP) is 4.74. The molecule has 3 heterocycles. The zero-order chi connectivity index (χ0) is 25.8. The summed E-state index contributed by atoms with van der Waals surface area (Å²) in [5, 5.41) is 4.68. The molecule has 1 saturated heterocycles. The van der Waals surface area contributed by atoms with Crippen LogP contribution in [0.2, 0.25) is 0 Å². The lowest BCUT2D eigenvalue weighted by atomic mass is 9.87. The molecule has 2 amide bonds. The largest absolute Gasteiger partial charge is 0.321 e. The number of benzene rings is 1. The summed E-state index contributed by atoms with van der Waals surface area (Å²) in [5.41, 5.74) is 2.74. The van der Waals surface area contributed by atoms with Crippen LogP contribution < -0.4 is 0 Å². The molecule has 0 N–H and O–H groups in total. The third-order valence-corrected chi connectivity index (χ3v) is 6.89. The summed E-state index contributed by atoms with van der Waals surface area (Å²) in [4.78, 5) is 35.1. The average Bonchev–Trinajstić information content (AvgIpc) is 3.49. The summed E-state index contributed by atoms with van der Waals surface area (Å²) in [6.45, 7) is 10.6. The van der Waals surface area contributed by atoms with Gasteiger partial charge in [0.25, 0.3) is 11.8 Å². The van der Waals surface area contributed by atoms with Gasteiger partial charge in [0.2, 0.25) is 0 Å². The van der Waals surface area contributed by atoms with Crippen LogP contribution in [0.15, 0.2) is 60.5 Å². The number of fused-ring (bicyclic) bond motifs is 1. The van der Waals surface area contributed by atoms with E-state index in [1.165, 1.54) is 12.1 Å². The van der Waals surface area contributed by atoms with Crippen LogP contribution in [-0.2, 0) is 10.2 Å². The number of hydrogen-bond acceptors (Lipinski definition) is 4. The molecule has 5 rings (SSSR count). The van der Waals surface area contributed by atoms with Gasteiger partial charge in [-0.15, -0.1) is 0 Å². The van der Waals surface area contributed by atoms with Crippen LogP contribution in [0.25, 0.3) is 16.9 Å². The lowest BCUT2D eigenvalue weighted by Crippen LogP contribution is -2.64. The molecule has 0 bridgehead atoms. The van der Waals surface area contributed by atoms with Gasteiger partial charge in [-0.1, -0.05) is 32.9 Å². The second-order valence-electron chi connectivity index (χ2n) is 10.8. The molecule has 2 aromatic heterocycles. The van der Waals surface area contributed by atoms with Crippen molar-refractivity contribution >= 4 is 17.5 Å². The molecule has 186 valence electrons. The lowest BCUT2D eigenvalue weighted by Gasteiger charge is -2.45. The Kier molecular flexibility index (Phi) is 5.58. The van der Waals surface area contributed by atoms with E-state index in [1.807, 2.05) is 24.3 Å². The van der Waals surface area contributed by atoms with Crippen molar-refractivity contribution in [2.75, 3.05) is 13.1 Å². The number of nitrogens with zero attached hydrogens (tertiary/aromatic N) is 5. The highest BCUT2D eigenvalue weighted by atomic mass is 19.1. The fourth-order valence-corrected chi connectivity index (χ4v) is 4.81. The van der Waals surface area contributed by atoms with E-state index < -0.39 is 5.54 Å². The van der Waals surface area contributed by atoms with Crippen molar-refractivity contribution in [3.8, 4) is 11.3 Å². The van der Waals surface area contributed by atoms with Gasteiger partial charge in [0.05, 0.1) is 11.9 Å². The number of imidazole rings is 1. The van der Waals surface area contributed by atoms with Gasteiger partial charge in [0.15, 0.2) is 5.65 Å². The molecule has 0 unspecified atom stereocenters. The SMILES string of the molecule is CC(C)(C)c1cc(-c2ccc(F)cc2)nn2cc(C(=O)N3CCN(C4=CCC=C4)C(=O)C3(C)C)nc12. The van der Waals surface area contributed by atoms with Crippen LogP contribution >= 0.6 is 0 Å². The van der Waals surface area contributed by atoms with E-state index in [1.54, 1.807) is 46.5 Å². The van der Waals surface area contributed by atoms with E-state index in [4.69, 9.17) is 4.98 Å². The van der Waals surface area contributed by atoms with E-state index in [9.17, 15) is 14.0 Å². The van der Waals surface area contributed by atoms with Gasteiger partial charge in [-0.2, -0.15) is 5.10 Å². The van der Waals surface area contributed by atoms with Crippen LogP contribution in [0, 0.1) is 5.82 Å². The van der Waals surface area contributed by atoms with E-state index in [2.05, 4.69) is 25.9 Å². The van der Waals surface area contributed by atoms with Crippen molar-refractivity contribution < 1.29 is 14.0 Å². The Morgan fingerprint density at radius 2 is 1.83 bits per heavy atom. The number of carbonyl (C=O) groups excluding carboxylic acids is 2. The van der Waals surface area contributed by atoms with Crippen molar-refractivity contribution in [2.45, 2.75) is 52.0 Å². The van der Waals surface area contributed by atoms with Crippen molar-refractivity contribution in [1.82, 2.24) is 24.4 Å². The van der Waals surface area contributed by atoms with E-state index >= 15 is 0 Å². The van der Waals surface area contributed by atoms with Crippen LogP contribution in [-0.4, -0.2) is 54.8 Å². The minimum Gasteiger partial charge on any atom is -0.321 e. The second kappa shape index (κ2) is 8.40. The molecule has 0 saturated carbocycles. The third-order valence-electron chi connectivity index (χ3n) is 6.89. The zero-order valence-corrected chi connectivity index (χ0v) is 21.2. The highest BCUT2D eigenvalue weighted by Crippen LogP contribution is 2.32. The smallest absolute Gasteiger partial charge is 0.275 e. The van der Waals surface area contributed by atoms with Crippen LogP contribution in [0.1, 0.15) is 57.1 Å². The molecule has 8 heteroatoms.